The van der Waals surface area contributed by atoms with Gasteiger partial charge in [-0.25, -0.2) is 4.68 Å². The molecule has 1 aliphatic carbocycles. The molecule has 0 spiro atoms. The molecule has 3 aromatic rings. The van der Waals surface area contributed by atoms with Gasteiger partial charge in [0.05, 0.1) is 12.3 Å². The van der Waals surface area contributed by atoms with Gasteiger partial charge < -0.3 is 5.32 Å². The van der Waals surface area contributed by atoms with Crippen molar-refractivity contribution in [3.8, 4) is 0 Å². The van der Waals surface area contributed by atoms with Crippen molar-refractivity contribution in [3.05, 3.63) is 58.3 Å². The number of tetrazole rings is 1. The Balaban J connectivity index is 1.30. The summed E-state index contributed by atoms with van der Waals surface area (Å²) >= 11 is 3.04. The molecular weight excluding hydrogens is 378 g/mol. The summed E-state index contributed by atoms with van der Waals surface area (Å²) < 4.78 is 1.74. The molecule has 8 heteroatoms. The topological polar surface area (TPSA) is 72.7 Å². The van der Waals surface area contributed by atoms with Crippen LogP contribution in [0.25, 0.3) is 0 Å². The zero-order valence-electron chi connectivity index (χ0n) is 14.9. The summed E-state index contributed by atoms with van der Waals surface area (Å²) in [6, 6.07) is 14.6. The Labute approximate surface area is 166 Å². The zero-order valence-corrected chi connectivity index (χ0v) is 16.5. The van der Waals surface area contributed by atoms with Gasteiger partial charge >= 0.3 is 0 Å². The first-order valence-corrected chi connectivity index (χ1v) is 10.9. The average molecular weight is 400 g/mol. The molecule has 1 aromatic carbocycles. The second-order valence-electron chi connectivity index (χ2n) is 6.76. The lowest BCUT2D eigenvalue weighted by atomic mass is 9.64. The molecule has 4 rings (SSSR count). The van der Waals surface area contributed by atoms with Gasteiger partial charge in [-0.05, 0) is 40.3 Å². The van der Waals surface area contributed by atoms with Crippen molar-refractivity contribution in [2.45, 2.75) is 36.4 Å². The first kappa shape index (κ1) is 18.2. The van der Waals surface area contributed by atoms with Crippen LogP contribution in [0.5, 0.6) is 0 Å². The number of hydrogen-bond donors (Lipinski definition) is 1. The van der Waals surface area contributed by atoms with E-state index in [4.69, 9.17) is 0 Å². The molecule has 0 unspecified atom stereocenters. The van der Waals surface area contributed by atoms with Crippen molar-refractivity contribution in [2.24, 2.45) is 0 Å². The van der Waals surface area contributed by atoms with Gasteiger partial charge in [-0.1, -0.05) is 54.6 Å². The van der Waals surface area contributed by atoms with Gasteiger partial charge in [0.15, 0.2) is 0 Å². The molecule has 2 aromatic heterocycles. The fraction of sp³-hybridized carbons (Fsp3) is 0.368. The first-order chi connectivity index (χ1) is 13.3. The molecule has 2 heterocycles. The summed E-state index contributed by atoms with van der Waals surface area (Å²) in [5.74, 6) is 0.336. The third-order valence-corrected chi connectivity index (χ3v) is 6.86. The fourth-order valence-electron chi connectivity index (χ4n) is 3.36. The summed E-state index contributed by atoms with van der Waals surface area (Å²) in [6.07, 6.45) is 3.48. The van der Waals surface area contributed by atoms with Crippen molar-refractivity contribution >= 4 is 29.0 Å². The van der Waals surface area contributed by atoms with Crippen molar-refractivity contribution < 1.29 is 4.79 Å². The molecule has 1 aliphatic rings. The molecule has 1 amide bonds. The molecule has 1 N–H and O–H groups in total. The second kappa shape index (κ2) is 8.22. The van der Waals surface area contributed by atoms with E-state index in [0.717, 1.165) is 12.8 Å². The number of aromatic nitrogens is 4. The lowest BCUT2D eigenvalue weighted by molar-refractivity contribution is -0.119. The number of nitrogens with one attached hydrogen (secondary N) is 1. The third-order valence-electron chi connectivity index (χ3n) is 5.04. The highest BCUT2D eigenvalue weighted by Crippen LogP contribution is 2.43. The summed E-state index contributed by atoms with van der Waals surface area (Å²) in [5.41, 5.74) is 1.42. The molecule has 1 fully saturated rings. The number of nitrogens with zero attached hydrogens (tertiary/aromatic N) is 4. The van der Waals surface area contributed by atoms with Crippen LogP contribution in [0.1, 0.15) is 29.7 Å². The van der Waals surface area contributed by atoms with Crippen LogP contribution < -0.4 is 5.32 Å². The molecule has 0 saturated heterocycles. The summed E-state index contributed by atoms with van der Waals surface area (Å²) in [5, 5.41) is 17.6. The first-order valence-electron chi connectivity index (χ1n) is 8.99. The Morgan fingerprint density at radius 2 is 2.07 bits per heavy atom. The summed E-state index contributed by atoms with van der Waals surface area (Å²) in [7, 11) is 0. The minimum absolute atomic E-state index is 0.0212. The normalized spacial score (nSPS) is 15.3. The largest absolute Gasteiger partial charge is 0.354 e. The van der Waals surface area contributed by atoms with Crippen molar-refractivity contribution in [2.75, 3.05) is 12.3 Å². The predicted molar refractivity (Wildman–Crippen MR) is 107 cm³/mol. The maximum absolute atomic E-state index is 12.4. The van der Waals surface area contributed by atoms with E-state index >= 15 is 0 Å². The van der Waals surface area contributed by atoms with Gasteiger partial charge in [0.1, 0.15) is 0 Å². The highest BCUT2D eigenvalue weighted by molar-refractivity contribution is 7.99. The lowest BCUT2D eigenvalue weighted by Crippen LogP contribution is -2.46. The molecular formula is C19H21N5OS2. The Morgan fingerprint density at radius 1 is 1.22 bits per heavy atom. The van der Waals surface area contributed by atoms with Crippen molar-refractivity contribution in [3.63, 3.8) is 0 Å². The highest BCUT2D eigenvalue weighted by atomic mass is 32.2. The molecule has 6 nitrogen and oxygen atoms in total. The van der Waals surface area contributed by atoms with Gasteiger partial charge in [0.25, 0.3) is 0 Å². The van der Waals surface area contributed by atoms with Crippen molar-refractivity contribution in [1.29, 1.82) is 0 Å². The monoisotopic (exact) mass is 399 g/mol. The van der Waals surface area contributed by atoms with E-state index in [9.17, 15) is 4.79 Å². The quantitative estimate of drug-likeness (QED) is 0.589. The minimum atomic E-state index is 0.0212. The van der Waals surface area contributed by atoms with E-state index in [1.54, 1.807) is 16.0 Å². The molecule has 0 atom stereocenters. The smallest absolute Gasteiger partial charge is 0.230 e. The average Bonchev–Trinajstić information content (AvgIpc) is 3.32. The zero-order chi connectivity index (χ0) is 18.5. The number of carbonyl (C=O) groups is 1. The van der Waals surface area contributed by atoms with E-state index in [1.165, 1.54) is 28.6 Å². The second-order valence-corrected chi connectivity index (χ2v) is 8.74. The van der Waals surface area contributed by atoms with Crippen LogP contribution >= 0.6 is 23.1 Å². The van der Waals surface area contributed by atoms with Crippen LogP contribution in [0.4, 0.5) is 0 Å². The standard InChI is InChI=1S/C19H21N5OS2/c25-17(20-14-19(9-5-10-19)15-6-2-1-3-7-15)13-27-18-21-22-23-24(18)12-16-8-4-11-26-16/h1-4,6-8,11H,5,9-10,12-14H2,(H,20,25). The summed E-state index contributed by atoms with van der Waals surface area (Å²) in [6.45, 7) is 1.32. The van der Waals surface area contributed by atoms with E-state index in [2.05, 4.69) is 51.2 Å². The molecule has 0 radical (unpaired) electrons. The van der Waals surface area contributed by atoms with Crippen LogP contribution in [0, 0.1) is 0 Å². The van der Waals surface area contributed by atoms with Crippen LogP contribution in [-0.2, 0) is 16.8 Å². The van der Waals surface area contributed by atoms with E-state index in [1.807, 2.05) is 17.5 Å². The van der Waals surface area contributed by atoms with Crippen LogP contribution in [0.2, 0.25) is 0 Å². The molecule has 140 valence electrons. The molecule has 0 bridgehead atoms. The highest BCUT2D eigenvalue weighted by Gasteiger charge is 2.38. The van der Waals surface area contributed by atoms with E-state index in [0.29, 0.717) is 24.0 Å². The Kier molecular flexibility index (Phi) is 5.54. The Bertz CT molecular complexity index is 875. The Hall–Kier alpha value is -2.19. The number of amides is 1. The van der Waals surface area contributed by atoms with Crippen LogP contribution in [0.15, 0.2) is 53.0 Å². The minimum Gasteiger partial charge on any atom is -0.354 e. The maximum Gasteiger partial charge on any atom is 0.230 e. The molecule has 0 aliphatic heterocycles. The fourth-order valence-corrected chi connectivity index (χ4v) is 4.75. The maximum atomic E-state index is 12.4. The number of rotatable bonds is 8. The predicted octanol–water partition coefficient (Wildman–Crippen LogP) is 3.11. The SMILES string of the molecule is O=C(CSc1nnnn1Cc1cccs1)NCC1(c2ccccc2)CCC1. The summed E-state index contributed by atoms with van der Waals surface area (Å²) in [4.78, 5) is 13.6. The van der Waals surface area contributed by atoms with Gasteiger partial charge in [-0.3, -0.25) is 4.79 Å². The van der Waals surface area contributed by atoms with Gasteiger partial charge in [0.2, 0.25) is 11.1 Å². The number of benzene rings is 1. The number of thioether (sulfide) groups is 1. The molecule has 1 saturated carbocycles. The van der Waals surface area contributed by atoms with Crippen molar-refractivity contribution in [1.82, 2.24) is 25.5 Å². The van der Waals surface area contributed by atoms with Crippen LogP contribution in [-0.4, -0.2) is 38.4 Å². The molecule has 27 heavy (non-hydrogen) atoms. The van der Waals surface area contributed by atoms with Gasteiger partial charge in [0, 0.05) is 16.8 Å². The number of hydrogen-bond acceptors (Lipinski definition) is 6. The van der Waals surface area contributed by atoms with Gasteiger partial charge in [-0.15, -0.1) is 16.4 Å². The Morgan fingerprint density at radius 3 is 2.78 bits per heavy atom. The van der Waals surface area contributed by atoms with E-state index in [-0.39, 0.29) is 11.3 Å². The van der Waals surface area contributed by atoms with E-state index < -0.39 is 0 Å². The third kappa shape index (κ3) is 4.22. The number of thiophene rings is 1. The number of carbonyl (C=O) groups excluding carboxylic acids is 1. The van der Waals surface area contributed by atoms with Gasteiger partial charge in [-0.2, -0.15) is 0 Å². The van der Waals surface area contributed by atoms with Crippen LogP contribution in [0.3, 0.4) is 0 Å². The lowest BCUT2D eigenvalue weighted by Gasteiger charge is -2.42.